The summed E-state index contributed by atoms with van der Waals surface area (Å²) in [6, 6.07) is 3.72. The summed E-state index contributed by atoms with van der Waals surface area (Å²) in [4.78, 5) is 17.0. The zero-order valence-electron chi connectivity index (χ0n) is 12.9. The van der Waals surface area contributed by atoms with Gasteiger partial charge in [0.15, 0.2) is 5.96 Å². The Labute approximate surface area is 131 Å². The van der Waals surface area contributed by atoms with Crippen LogP contribution in [0.25, 0.3) is 0 Å². The van der Waals surface area contributed by atoms with Crippen molar-refractivity contribution in [2.75, 3.05) is 26.2 Å². The molecule has 5 nitrogen and oxygen atoms in total. The van der Waals surface area contributed by atoms with E-state index in [9.17, 15) is 4.79 Å². The fourth-order valence-electron chi connectivity index (χ4n) is 1.69. The van der Waals surface area contributed by atoms with Gasteiger partial charge in [-0.1, -0.05) is 19.4 Å². The molecule has 0 radical (unpaired) electrons. The van der Waals surface area contributed by atoms with E-state index in [2.05, 4.69) is 34.8 Å². The summed E-state index contributed by atoms with van der Waals surface area (Å²) in [6.45, 7) is 7.37. The van der Waals surface area contributed by atoms with Gasteiger partial charge in [0.1, 0.15) is 0 Å². The highest BCUT2D eigenvalue weighted by atomic mass is 32.1. The highest BCUT2D eigenvalue weighted by molar-refractivity contribution is 7.12. The van der Waals surface area contributed by atoms with E-state index in [1.807, 2.05) is 17.5 Å². The van der Waals surface area contributed by atoms with Gasteiger partial charge in [-0.2, -0.15) is 0 Å². The first-order chi connectivity index (χ1) is 10.3. The van der Waals surface area contributed by atoms with E-state index in [4.69, 9.17) is 0 Å². The molecule has 6 heteroatoms. The monoisotopic (exact) mass is 310 g/mol. The molecule has 0 aliphatic carbocycles. The van der Waals surface area contributed by atoms with E-state index in [0.717, 1.165) is 36.8 Å². The van der Waals surface area contributed by atoms with E-state index in [0.29, 0.717) is 13.1 Å². The maximum Gasteiger partial charge on any atom is 0.261 e. The van der Waals surface area contributed by atoms with Crippen LogP contribution < -0.4 is 16.0 Å². The molecule has 1 aromatic rings. The van der Waals surface area contributed by atoms with Crippen molar-refractivity contribution < 1.29 is 4.79 Å². The molecule has 0 atom stereocenters. The van der Waals surface area contributed by atoms with Crippen LogP contribution in [0.15, 0.2) is 22.5 Å². The second kappa shape index (κ2) is 11.1. The van der Waals surface area contributed by atoms with Gasteiger partial charge < -0.3 is 16.0 Å². The van der Waals surface area contributed by atoms with Crippen molar-refractivity contribution in [1.29, 1.82) is 0 Å². The Morgan fingerprint density at radius 2 is 2.00 bits per heavy atom. The van der Waals surface area contributed by atoms with Gasteiger partial charge in [0, 0.05) is 26.2 Å². The molecule has 1 aromatic heterocycles. The largest absolute Gasteiger partial charge is 0.357 e. The molecule has 0 saturated heterocycles. The van der Waals surface area contributed by atoms with E-state index >= 15 is 0 Å². The smallest absolute Gasteiger partial charge is 0.261 e. The Morgan fingerprint density at radius 3 is 2.67 bits per heavy atom. The number of hydrogen-bond donors (Lipinski definition) is 3. The highest BCUT2D eigenvalue weighted by Crippen LogP contribution is 2.07. The number of hydrogen-bond acceptors (Lipinski definition) is 3. The van der Waals surface area contributed by atoms with Crippen LogP contribution in [0.3, 0.4) is 0 Å². The number of unbranched alkanes of at least 4 members (excludes halogenated alkanes) is 1. The number of carbonyl (C=O) groups excluding carboxylic acids is 1. The van der Waals surface area contributed by atoms with Crippen molar-refractivity contribution in [3.05, 3.63) is 22.4 Å². The number of carbonyl (C=O) groups is 1. The van der Waals surface area contributed by atoms with Gasteiger partial charge in [-0.3, -0.25) is 9.79 Å². The Balaban J connectivity index is 2.19. The zero-order valence-corrected chi connectivity index (χ0v) is 13.8. The van der Waals surface area contributed by atoms with Gasteiger partial charge in [0.25, 0.3) is 5.91 Å². The Kier molecular flexibility index (Phi) is 9.28. The van der Waals surface area contributed by atoms with Crippen LogP contribution in [0.1, 0.15) is 42.8 Å². The number of thiophene rings is 1. The third kappa shape index (κ3) is 7.70. The molecule has 118 valence electrons. The number of rotatable bonds is 9. The van der Waals surface area contributed by atoms with Crippen LogP contribution in [0.5, 0.6) is 0 Å². The summed E-state index contributed by atoms with van der Waals surface area (Å²) in [5.41, 5.74) is 0. The van der Waals surface area contributed by atoms with E-state index < -0.39 is 0 Å². The van der Waals surface area contributed by atoms with Gasteiger partial charge in [-0.25, -0.2) is 0 Å². The van der Waals surface area contributed by atoms with Crippen molar-refractivity contribution in [3.63, 3.8) is 0 Å². The van der Waals surface area contributed by atoms with Crippen molar-refractivity contribution in [1.82, 2.24) is 16.0 Å². The Morgan fingerprint density at radius 1 is 1.19 bits per heavy atom. The first-order valence-corrected chi connectivity index (χ1v) is 8.49. The molecule has 0 fully saturated rings. The standard InChI is InChI=1S/C15H26N4OS/c1-3-5-9-18-15(16-4-2)19-11-7-10-17-14(20)13-8-6-12-21-13/h6,8,12H,3-5,7,9-11H2,1-2H3,(H,17,20)(H2,16,18,19). The van der Waals surface area contributed by atoms with Gasteiger partial charge in [0.05, 0.1) is 4.88 Å². The lowest BCUT2D eigenvalue weighted by Crippen LogP contribution is -2.38. The Hall–Kier alpha value is -1.56. The minimum absolute atomic E-state index is 0.00181. The molecule has 1 heterocycles. The lowest BCUT2D eigenvalue weighted by Gasteiger charge is -2.10. The summed E-state index contributed by atoms with van der Waals surface area (Å²) in [5, 5.41) is 11.3. The number of amides is 1. The van der Waals surface area contributed by atoms with E-state index in [-0.39, 0.29) is 5.91 Å². The minimum Gasteiger partial charge on any atom is -0.357 e. The molecule has 0 spiro atoms. The molecule has 0 unspecified atom stereocenters. The average molecular weight is 310 g/mol. The SMILES string of the molecule is CCCCNC(=NCCCNC(=O)c1cccs1)NCC. The van der Waals surface area contributed by atoms with Crippen molar-refractivity contribution in [2.45, 2.75) is 33.1 Å². The highest BCUT2D eigenvalue weighted by Gasteiger charge is 2.04. The summed E-state index contributed by atoms with van der Waals surface area (Å²) in [7, 11) is 0. The quantitative estimate of drug-likeness (QED) is 0.372. The van der Waals surface area contributed by atoms with Crippen LogP contribution >= 0.6 is 11.3 Å². The number of aliphatic imine (C=N–C) groups is 1. The second-order valence-corrected chi connectivity index (χ2v) is 5.58. The maximum absolute atomic E-state index is 11.7. The van der Waals surface area contributed by atoms with Crippen LogP contribution in [0.4, 0.5) is 0 Å². The molecule has 21 heavy (non-hydrogen) atoms. The van der Waals surface area contributed by atoms with Crippen LogP contribution in [0.2, 0.25) is 0 Å². The summed E-state index contributed by atoms with van der Waals surface area (Å²) in [5.74, 6) is 0.859. The molecule has 3 N–H and O–H groups in total. The summed E-state index contributed by atoms with van der Waals surface area (Å²) >= 11 is 1.46. The van der Waals surface area contributed by atoms with Crippen molar-refractivity contribution in [3.8, 4) is 0 Å². The van der Waals surface area contributed by atoms with Gasteiger partial charge in [-0.05, 0) is 31.2 Å². The number of nitrogens with zero attached hydrogens (tertiary/aromatic N) is 1. The first-order valence-electron chi connectivity index (χ1n) is 7.61. The minimum atomic E-state index is 0.00181. The normalized spacial score (nSPS) is 11.2. The van der Waals surface area contributed by atoms with Crippen molar-refractivity contribution >= 4 is 23.2 Å². The van der Waals surface area contributed by atoms with Crippen LogP contribution in [-0.2, 0) is 0 Å². The molecule has 0 aliphatic rings. The molecule has 0 aliphatic heterocycles. The fraction of sp³-hybridized carbons (Fsp3) is 0.600. The lowest BCUT2D eigenvalue weighted by atomic mass is 10.3. The van der Waals surface area contributed by atoms with E-state index in [1.165, 1.54) is 17.8 Å². The summed E-state index contributed by atoms with van der Waals surface area (Å²) < 4.78 is 0. The van der Waals surface area contributed by atoms with E-state index in [1.54, 1.807) is 0 Å². The molecule has 0 saturated carbocycles. The van der Waals surface area contributed by atoms with Crippen molar-refractivity contribution in [2.24, 2.45) is 4.99 Å². The first kappa shape index (κ1) is 17.5. The molecule has 1 amide bonds. The average Bonchev–Trinajstić information content (AvgIpc) is 3.01. The molecular formula is C15H26N4OS. The predicted octanol–water partition coefficient (Wildman–Crippen LogP) is 2.22. The fourth-order valence-corrected chi connectivity index (χ4v) is 2.33. The molecular weight excluding hydrogens is 284 g/mol. The van der Waals surface area contributed by atoms with Crippen LogP contribution in [-0.4, -0.2) is 38.0 Å². The third-order valence-electron chi connectivity index (χ3n) is 2.80. The van der Waals surface area contributed by atoms with Gasteiger partial charge >= 0.3 is 0 Å². The molecule has 0 aromatic carbocycles. The molecule has 0 bridgehead atoms. The lowest BCUT2D eigenvalue weighted by molar-refractivity contribution is 0.0957. The molecule has 1 rings (SSSR count). The topological polar surface area (TPSA) is 65.5 Å². The predicted molar refractivity (Wildman–Crippen MR) is 90.2 cm³/mol. The Bertz CT molecular complexity index is 417. The zero-order chi connectivity index (χ0) is 15.3. The maximum atomic E-state index is 11.7. The third-order valence-corrected chi connectivity index (χ3v) is 3.67. The van der Waals surface area contributed by atoms with Gasteiger partial charge in [-0.15, -0.1) is 11.3 Å². The number of guanidine groups is 1. The van der Waals surface area contributed by atoms with Gasteiger partial charge in [0.2, 0.25) is 0 Å². The number of nitrogens with one attached hydrogen (secondary N) is 3. The summed E-state index contributed by atoms with van der Waals surface area (Å²) in [6.07, 6.45) is 3.14. The van der Waals surface area contributed by atoms with Crippen LogP contribution in [0, 0.1) is 0 Å². The second-order valence-electron chi connectivity index (χ2n) is 4.63.